The molecule has 0 aliphatic rings. The molecule has 0 spiro atoms. The zero-order valence-electron chi connectivity index (χ0n) is 8.10. The molecule has 0 radical (unpaired) electrons. The van der Waals surface area contributed by atoms with Crippen LogP contribution in [0, 0.1) is 0 Å². The highest BCUT2D eigenvalue weighted by molar-refractivity contribution is 5.75. The Balaban J connectivity index is 2.49. The summed E-state index contributed by atoms with van der Waals surface area (Å²) in [6, 6.07) is 0.311. The fourth-order valence-corrected chi connectivity index (χ4v) is 1.30. The molecule has 0 saturated carbocycles. The molecule has 0 bridgehead atoms. The molecule has 4 heteroatoms. The van der Waals surface area contributed by atoms with Gasteiger partial charge in [-0.25, -0.2) is 9.67 Å². The lowest BCUT2D eigenvalue weighted by atomic mass is 10.1. The minimum absolute atomic E-state index is 0.235. The number of hydrogen-bond acceptors (Lipinski definition) is 3. The van der Waals surface area contributed by atoms with Gasteiger partial charge in [0.25, 0.3) is 0 Å². The van der Waals surface area contributed by atoms with Gasteiger partial charge in [0.2, 0.25) is 0 Å². The van der Waals surface area contributed by atoms with E-state index in [0.717, 1.165) is 12.8 Å². The Labute approximate surface area is 78.0 Å². The minimum Gasteiger partial charge on any atom is -0.300 e. The molecule has 1 heterocycles. The van der Waals surface area contributed by atoms with Gasteiger partial charge in [0.1, 0.15) is 18.4 Å². The van der Waals surface area contributed by atoms with E-state index in [1.165, 1.54) is 6.33 Å². The van der Waals surface area contributed by atoms with Crippen LogP contribution in [0.5, 0.6) is 0 Å². The van der Waals surface area contributed by atoms with Crippen LogP contribution in [0.25, 0.3) is 0 Å². The van der Waals surface area contributed by atoms with E-state index in [-0.39, 0.29) is 5.78 Å². The number of Topliss-reactive ketones (excluding diaryl/α,β-unsaturated/α-hetero) is 1. The maximum Gasteiger partial charge on any atom is 0.137 e. The van der Waals surface area contributed by atoms with Gasteiger partial charge in [0.05, 0.1) is 6.04 Å². The third-order valence-electron chi connectivity index (χ3n) is 2.11. The van der Waals surface area contributed by atoms with Crippen LogP contribution in [0.15, 0.2) is 12.7 Å². The first kappa shape index (κ1) is 9.89. The van der Waals surface area contributed by atoms with E-state index in [0.29, 0.717) is 12.5 Å². The molecule has 1 unspecified atom stereocenters. The van der Waals surface area contributed by atoms with Gasteiger partial charge >= 0.3 is 0 Å². The minimum atomic E-state index is 0.235. The van der Waals surface area contributed by atoms with E-state index in [1.54, 1.807) is 13.3 Å². The second-order valence-electron chi connectivity index (χ2n) is 3.18. The maximum atomic E-state index is 10.8. The highest BCUT2D eigenvalue weighted by Crippen LogP contribution is 2.15. The van der Waals surface area contributed by atoms with E-state index in [4.69, 9.17) is 0 Å². The molecule has 0 aromatic carbocycles. The summed E-state index contributed by atoms with van der Waals surface area (Å²) in [6.07, 6.45) is 5.69. The molecule has 0 fully saturated rings. The number of nitrogens with zero attached hydrogens (tertiary/aromatic N) is 3. The van der Waals surface area contributed by atoms with Crippen LogP contribution in [0.4, 0.5) is 0 Å². The summed E-state index contributed by atoms with van der Waals surface area (Å²) in [4.78, 5) is 14.7. The lowest BCUT2D eigenvalue weighted by molar-refractivity contribution is -0.117. The Morgan fingerprint density at radius 2 is 2.38 bits per heavy atom. The SMILES string of the molecule is CCC(CCC(C)=O)n1cncn1. The van der Waals surface area contributed by atoms with Crippen molar-refractivity contribution in [1.29, 1.82) is 0 Å². The number of ketones is 1. The van der Waals surface area contributed by atoms with Gasteiger partial charge in [-0.1, -0.05) is 6.92 Å². The van der Waals surface area contributed by atoms with Crippen molar-refractivity contribution in [2.45, 2.75) is 39.2 Å². The third-order valence-corrected chi connectivity index (χ3v) is 2.11. The van der Waals surface area contributed by atoms with Crippen LogP contribution in [-0.2, 0) is 4.79 Å². The zero-order chi connectivity index (χ0) is 9.68. The lowest BCUT2D eigenvalue weighted by Crippen LogP contribution is -2.10. The topological polar surface area (TPSA) is 47.8 Å². The smallest absolute Gasteiger partial charge is 0.137 e. The van der Waals surface area contributed by atoms with Crippen molar-refractivity contribution in [2.75, 3.05) is 0 Å². The Morgan fingerprint density at radius 3 is 2.85 bits per heavy atom. The molecule has 0 amide bonds. The van der Waals surface area contributed by atoms with Gasteiger partial charge in [-0.15, -0.1) is 0 Å². The van der Waals surface area contributed by atoms with Crippen molar-refractivity contribution >= 4 is 5.78 Å². The van der Waals surface area contributed by atoms with Gasteiger partial charge in [-0.2, -0.15) is 5.10 Å². The molecule has 0 saturated heterocycles. The van der Waals surface area contributed by atoms with Crippen molar-refractivity contribution in [1.82, 2.24) is 14.8 Å². The first-order valence-corrected chi connectivity index (χ1v) is 4.57. The van der Waals surface area contributed by atoms with Crippen molar-refractivity contribution < 1.29 is 4.79 Å². The van der Waals surface area contributed by atoms with Crippen molar-refractivity contribution in [3.05, 3.63) is 12.7 Å². The van der Waals surface area contributed by atoms with Crippen LogP contribution in [0.3, 0.4) is 0 Å². The quantitative estimate of drug-likeness (QED) is 0.693. The molecule has 1 aromatic rings. The van der Waals surface area contributed by atoms with Gasteiger partial charge in [-0.3, -0.25) is 0 Å². The predicted octanol–water partition coefficient (Wildman–Crippen LogP) is 1.60. The molecule has 72 valence electrons. The number of hydrogen-bond donors (Lipinski definition) is 0. The molecular weight excluding hydrogens is 166 g/mol. The van der Waals surface area contributed by atoms with Crippen LogP contribution in [0.1, 0.15) is 39.2 Å². The number of carbonyl (C=O) groups is 1. The van der Waals surface area contributed by atoms with E-state index >= 15 is 0 Å². The Bertz CT molecular complexity index is 256. The fraction of sp³-hybridized carbons (Fsp3) is 0.667. The van der Waals surface area contributed by atoms with Gasteiger partial charge in [0, 0.05) is 6.42 Å². The molecule has 0 aliphatic heterocycles. The second-order valence-corrected chi connectivity index (χ2v) is 3.18. The van der Waals surface area contributed by atoms with Crippen molar-refractivity contribution in [2.24, 2.45) is 0 Å². The summed E-state index contributed by atoms with van der Waals surface area (Å²) < 4.78 is 1.82. The molecule has 13 heavy (non-hydrogen) atoms. The predicted molar refractivity (Wildman–Crippen MR) is 49.3 cm³/mol. The normalized spacial score (nSPS) is 12.8. The fourth-order valence-electron chi connectivity index (χ4n) is 1.30. The van der Waals surface area contributed by atoms with Gasteiger partial charge in [0.15, 0.2) is 0 Å². The molecule has 4 nitrogen and oxygen atoms in total. The summed E-state index contributed by atoms with van der Waals surface area (Å²) in [5, 5.41) is 4.06. The summed E-state index contributed by atoms with van der Waals surface area (Å²) >= 11 is 0. The molecule has 1 atom stereocenters. The number of carbonyl (C=O) groups excluding carboxylic acids is 1. The molecular formula is C9H15N3O. The highest BCUT2D eigenvalue weighted by Gasteiger charge is 2.09. The van der Waals surface area contributed by atoms with Crippen LogP contribution in [-0.4, -0.2) is 20.5 Å². The van der Waals surface area contributed by atoms with E-state index in [9.17, 15) is 4.79 Å². The first-order valence-electron chi connectivity index (χ1n) is 4.57. The van der Waals surface area contributed by atoms with Crippen molar-refractivity contribution in [3.63, 3.8) is 0 Å². The van der Waals surface area contributed by atoms with E-state index in [1.807, 2.05) is 4.68 Å². The average molecular weight is 181 g/mol. The summed E-state index contributed by atoms with van der Waals surface area (Å²) in [5.74, 6) is 0.235. The van der Waals surface area contributed by atoms with Crippen LogP contribution >= 0.6 is 0 Å². The summed E-state index contributed by atoms with van der Waals surface area (Å²) in [7, 11) is 0. The van der Waals surface area contributed by atoms with Crippen molar-refractivity contribution in [3.8, 4) is 0 Å². The maximum absolute atomic E-state index is 10.8. The highest BCUT2D eigenvalue weighted by atomic mass is 16.1. The van der Waals surface area contributed by atoms with Gasteiger partial charge in [-0.05, 0) is 19.8 Å². The zero-order valence-corrected chi connectivity index (χ0v) is 8.10. The number of aromatic nitrogens is 3. The largest absolute Gasteiger partial charge is 0.300 e. The lowest BCUT2D eigenvalue weighted by Gasteiger charge is -2.13. The van der Waals surface area contributed by atoms with Gasteiger partial charge < -0.3 is 4.79 Å². The third kappa shape index (κ3) is 2.97. The second kappa shape index (κ2) is 4.74. The Kier molecular flexibility index (Phi) is 3.61. The van der Waals surface area contributed by atoms with E-state index in [2.05, 4.69) is 17.0 Å². The Hall–Kier alpha value is -1.19. The summed E-state index contributed by atoms with van der Waals surface area (Å²) in [6.45, 7) is 3.71. The van der Waals surface area contributed by atoms with Crippen LogP contribution in [0.2, 0.25) is 0 Å². The molecule has 0 N–H and O–H groups in total. The molecule has 1 aromatic heterocycles. The summed E-state index contributed by atoms with van der Waals surface area (Å²) in [5.41, 5.74) is 0. The Morgan fingerprint density at radius 1 is 1.62 bits per heavy atom. The van der Waals surface area contributed by atoms with E-state index < -0.39 is 0 Å². The van der Waals surface area contributed by atoms with Crippen LogP contribution < -0.4 is 0 Å². The first-order chi connectivity index (χ1) is 6.24. The number of rotatable bonds is 5. The molecule has 0 aliphatic carbocycles. The standard InChI is InChI=1S/C9H15N3O/c1-3-9(5-4-8(2)13)12-7-10-6-11-12/h6-7,9H,3-5H2,1-2H3. The monoisotopic (exact) mass is 181 g/mol. The average Bonchev–Trinajstić information content (AvgIpc) is 2.58. The molecule has 1 rings (SSSR count).